The minimum atomic E-state index is -2.86. The summed E-state index contributed by atoms with van der Waals surface area (Å²) in [5.74, 6) is 1.82. The number of benzene rings is 21. The summed E-state index contributed by atoms with van der Waals surface area (Å²) < 4.78 is 26.7. The van der Waals surface area contributed by atoms with Crippen molar-refractivity contribution in [1.82, 2.24) is 24.1 Å². The van der Waals surface area contributed by atoms with Gasteiger partial charge in [-0.25, -0.2) is 0 Å². The van der Waals surface area contributed by atoms with Crippen molar-refractivity contribution in [2.75, 3.05) is 0 Å². The van der Waals surface area contributed by atoms with Crippen LogP contribution in [0.1, 0.15) is 0 Å². The zero-order valence-electron chi connectivity index (χ0n) is 74.3. The predicted molar refractivity (Wildman–Crippen MR) is 575 cm³/mol. The number of para-hydroxylation sites is 6. The Kier molecular flexibility index (Phi) is 21.0. The van der Waals surface area contributed by atoms with E-state index >= 15 is 0 Å². The molecule has 0 radical (unpaired) electrons. The molecule has 0 saturated heterocycles. The number of pyridine rings is 3. The molecule has 0 amide bonds. The highest BCUT2D eigenvalue weighted by Gasteiger charge is 2.46. The van der Waals surface area contributed by atoms with Gasteiger partial charge in [0.2, 0.25) is 0 Å². The van der Waals surface area contributed by atoms with Gasteiger partial charge in [0.05, 0.1) is 22.1 Å². The largest absolute Gasteiger partial charge is 1.20 e. The normalized spacial score (nSPS) is 11.5. The summed E-state index contributed by atoms with van der Waals surface area (Å²) in [7, 11) is 0. The minimum Gasteiger partial charge on any atom is -0.576 e. The molecule has 0 bridgehead atoms. The van der Waals surface area contributed by atoms with E-state index in [0.717, 1.165) is 38.4 Å². The molecule has 6 aromatic heterocycles. The molecule has 27 aromatic rings. The van der Waals surface area contributed by atoms with E-state index in [0.29, 0.717) is 17.2 Å². The van der Waals surface area contributed by atoms with Crippen molar-refractivity contribution in [3.8, 4) is 107 Å². The molecular weight excluding hydrogens is 1700 g/mol. The number of rotatable bonds is 15. The number of nitrogens with zero attached hydrogens (tertiary/aromatic N) is 5. The lowest BCUT2D eigenvalue weighted by atomic mass is 9.85. The quantitative estimate of drug-likeness (QED) is 0.0752. The highest BCUT2D eigenvalue weighted by atomic mass is 32.1. The van der Waals surface area contributed by atoms with Crippen molar-refractivity contribution >= 4 is 166 Å². The Morgan fingerprint density at radius 2 is 0.511 bits per heavy atom. The second kappa shape index (κ2) is 35.3. The van der Waals surface area contributed by atoms with Crippen LogP contribution in [0, 0.1) is 0 Å². The van der Waals surface area contributed by atoms with E-state index in [1.165, 1.54) is 190 Å². The van der Waals surface area contributed by atoms with Gasteiger partial charge in [0.1, 0.15) is 33.8 Å². The van der Waals surface area contributed by atoms with E-state index in [4.69, 9.17) is 11.4 Å². The van der Waals surface area contributed by atoms with Crippen LogP contribution in [0.25, 0.3) is 229 Å². The molecule has 0 unspecified atom stereocenters. The van der Waals surface area contributed by atoms with Gasteiger partial charge in [0.25, 0.3) is 0 Å². The van der Waals surface area contributed by atoms with Gasteiger partial charge in [0.15, 0.2) is 0 Å². The van der Waals surface area contributed by atoms with Gasteiger partial charge < -0.3 is 20.5 Å². The van der Waals surface area contributed by atoms with Gasteiger partial charge in [-0.3, -0.25) is 15.0 Å². The first-order valence-electron chi connectivity index (χ1n) is 46.3. The molecule has 0 atom stereocenters. The average Bonchev–Trinajstić information content (AvgIpc) is 0.931. The van der Waals surface area contributed by atoms with Crippen LogP contribution in [0.5, 0.6) is 17.2 Å². The maximum Gasteiger partial charge on any atom is 1.20 e. The molecule has 0 aliphatic heterocycles. The highest BCUT2D eigenvalue weighted by molar-refractivity contribution is 7.26. The Morgan fingerprint density at radius 3 is 1.01 bits per heavy atom. The van der Waals surface area contributed by atoms with Crippen LogP contribution in [0.15, 0.2) is 498 Å². The maximum absolute atomic E-state index is 6.41. The smallest absolute Gasteiger partial charge is 0.576 e. The summed E-state index contributed by atoms with van der Waals surface area (Å²) >= 11 is -0.968. The molecule has 8 nitrogen and oxygen atoms in total. The zero-order chi connectivity index (χ0) is 90.6. The van der Waals surface area contributed by atoms with Gasteiger partial charge in [-0.15, -0.1) is 11.3 Å². The molecule has 0 N–H and O–H groups in total. The van der Waals surface area contributed by atoms with E-state index < -0.39 is 15.1 Å². The van der Waals surface area contributed by atoms with Crippen molar-refractivity contribution in [3.05, 3.63) is 498 Å². The maximum atomic E-state index is 6.41. The van der Waals surface area contributed by atoms with Gasteiger partial charge in [-0.2, -0.15) is 0 Å². The Hall–Kier alpha value is -17.4. The van der Waals surface area contributed by atoms with Crippen LogP contribution >= 0.6 is 11.3 Å². The van der Waals surface area contributed by atoms with Crippen molar-refractivity contribution in [3.63, 3.8) is 0 Å². The number of hydrogen-bond acceptors (Lipinski definition) is 7. The van der Waals surface area contributed by atoms with Gasteiger partial charge >= 0.3 is 15.1 Å². The molecule has 6 heterocycles. The summed E-state index contributed by atoms with van der Waals surface area (Å²) in [6.07, 6.45) is 5.24. The Morgan fingerprint density at radius 1 is 0.197 bits per heavy atom. The van der Waals surface area contributed by atoms with E-state index in [9.17, 15) is 0 Å². The molecule has 21 aromatic carbocycles. The first-order valence-corrected chi connectivity index (χ1v) is 48.6. The van der Waals surface area contributed by atoms with E-state index in [1.807, 2.05) is 102 Å². The van der Waals surface area contributed by atoms with Crippen LogP contribution in [0.3, 0.4) is 0 Å². The van der Waals surface area contributed by atoms with Gasteiger partial charge in [-0.05, 0) is 230 Å². The third kappa shape index (κ3) is 14.9. The van der Waals surface area contributed by atoms with Crippen molar-refractivity contribution in [2.45, 2.75) is 0 Å². The first kappa shape index (κ1) is 81.6. The van der Waals surface area contributed by atoms with Crippen LogP contribution in [0.2, 0.25) is 0 Å². The lowest BCUT2D eigenvalue weighted by Gasteiger charge is -2.19. The summed E-state index contributed by atoms with van der Waals surface area (Å²) in [5.41, 5.74) is 26.8. The van der Waals surface area contributed by atoms with E-state index in [-0.39, 0.29) is 0 Å². The van der Waals surface area contributed by atoms with Crippen LogP contribution in [-0.4, -0.2) is 39.2 Å². The van der Waals surface area contributed by atoms with E-state index in [2.05, 4.69) is 412 Å². The Labute approximate surface area is 799 Å². The zero-order valence-corrected chi connectivity index (χ0v) is 76.3. The summed E-state index contributed by atoms with van der Waals surface area (Å²) in [5, 5.41) is 20.8. The molecule has 0 fully saturated rings. The topological polar surface area (TPSA) is 76.2 Å². The SMILES string of the molecule is c1ccc(-c2c3ccccc3c(-c3ccc(-c4ccc5c(c4)c4ccccc4n5-c4ccccc4)cc3)c3ccccc23)cc1.c1ccc(-c2c3ccccc3c(-c3ccccc3)c3cc(-c4cccc(-n5c6ccccc6c6cc(-c7cccc8c7sc7ccccc78)ccc65)c4)ccc23)cc1.c1cnc2c([O][Al]([O]c3cccc4cccnc34)[O]c3cccc4cccnc34)cccc2c1. The summed E-state index contributed by atoms with van der Waals surface area (Å²) in [4.78, 5) is 13.5. The molecule has 27 rings (SSSR count). The molecule has 0 aliphatic carbocycles. The monoisotopic (exact) mass is 1780 g/mol. The minimum absolute atomic E-state index is 0.608. The molecule has 137 heavy (non-hydrogen) atoms. The molecule has 10 heteroatoms. The van der Waals surface area contributed by atoms with Crippen LogP contribution in [-0.2, 0) is 0 Å². The van der Waals surface area contributed by atoms with Gasteiger partial charge in [-0.1, -0.05) is 370 Å². The number of thiophene rings is 1. The highest BCUT2D eigenvalue weighted by Crippen LogP contribution is 2.50. The van der Waals surface area contributed by atoms with Crippen molar-refractivity contribution in [1.29, 1.82) is 0 Å². The predicted octanol–water partition coefficient (Wildman–Crippen LogP) is 34.1. The second-order valence-corrected chi connectivity index (χ2v) is 36.9. The van der Waals surface area contributed by atoms with Crippen molar-refractivity contribution in [2.24, 2.45) is 0 Å². The molecule has 642 valence electrons. The van der Waals surface area contributed by atoms with Crippen LogP contribution < -0.4 is 11.4 Å². The number of hydrogen-bond donors (Lipinski definition) is 0. The fourth-order valence-electron chi connectivity index (χ4n) is 20.5. The standard InChI is InChI=1S/C56H35NS.C44H29N.3C9H7NO.Al/c1-3-15-36(16-4-1)54-45-23-7-8-24-46(45)55(37-17-5-2-6-18-37)50-34-39(29-31-47(50)54)38-19-13-20-41(33-38)57-51-27-11-9-21-43(51)49-35-40(30-32-52(49)57)42-25-14-26-48-44-22-10-12-28-53(44)58-56(42)48;1-3-13-31(14-4-1)43-36-18-7-9-20-38(36)44(39-21-10-8-19-37(39)43)32-25-23-30(24-26-32)33-27-28-42-40(29-33)35-17-11-12-22-41(35)45(42)34-15-5-2-6-16-34;3*11-8-5-1-3-7-4-2-6-10-9(7)8;/h1-35H;1-29H;3*1-6,11H;/q;;;;;+3/p-3. The number of fused-ring (bicyclic) bond motifs is 16. The Bertz CT molecular complexity index is 9080. The lowest BCUT2D eigenvalue weighted by molar-refractivity contribution is 0.311. The second-order valence-electron chi connectivity index (χ2n) is 34.5. The third-order valence-electron chi connectivity index (χ3n) is 26.6. The van der Waals surface area contributed by atoms with Crippen LogP contribution in [0.4, 0.5) is 0 Å². The molecule has 0 spiro atoms. The van der Waals surface area contributed by atoms with Crippen molar-refractivity contribution < 1.29 is 11.4 Å². The Balaban J connectivity index is 0.000000113. The fourth-order valence-corrected chi connectivity index (χ4v) is 23.1. The molecule has 0 saturated carbocycles. The lowest BCUT2D eigenvalue weighted by Crippen LogP contribution is -2.37. The molecule has 0 aliphatic rings. The average molecular weight is 1790 g/mol. The summed E-state index contributed by atoms with van der Waals surface area (Å²) in [6.45, 7) is 0. The third-order valence-corrected chi connectivity index (χ3v) is 29.2. The first-order chi connectivity index (χ1) is 68.0. The molecular formula is C127H82AlN5O3S. The summed E-state index contributed by atoms with van der Waals surface area (Å²) in [6, 6.07) is 171. The van der Waals surface area contributed by atoms with E-state index in [1.54, 1.807) is 18.6 Å². The van der Waals surface area contributed by atoms with Gasteiger partial charge in [0, 0.05) is 87.8 Å². The fraction of sp³-hybridized carbons (Fsp3) is 0. The number of aromatic nitrogens is 5.